The van der Waals surface area contributed by atoms with Gasteiger partial charge in [0.2, 0.25) is 5.91 Å². The minimum absolute atomic E-state index is 0. The molecular weight excluding hydrogens is 290 g/mol. The molecule has 0 aliphatic carbocycles. The Balaban J connectivity index is 0.00000220. The van der Waals surface area contributed by atoms with Crippen LogP contribution in [-0.2, 0) is 4.79 Å². The number of carbonyl (C=O) groups excluding carboxylic acids is 2. The number of benzene rings is 1. The maximum absolute atomic E-state index is 12.2. The molecule has 116 valence electrons. The molecule has 0 radical (unpaired) electrons. The van der Waals surface area contributed by atoms with Gasteiger partial charge in [0.1, 0.15) is 0 Å². The predicted octanol–water partition coefficient (Wildman–Crippen LogP) is 1.57. The van der Waals surface area contributed by atoms with Gasteiger partial charge in [0.15, 0.2) is 0 Å². The molecule has 6 heteroatoms. The Morgan fingerprint density at radius 2 is 2.00 bits per heavy atom. The first-order valence-electron chi connectivity index (χ1n) is 6.88. The van der Waals surface area contributed by atoms with Crippen LogP contribution < -0.4 is 16.0 Å². The highest BCUT2D eigenvalue weighted by molar-refractivity contribution is 5.99. The molecular formula is C15H22ClN3O2. The molecule has 1 aliphatic rings. The third-order valence-electron chi connectivity index (χ3n) is 4.00. The summed E-state index contributed by atoms with van der Waals surface area (Å²) >= 11 is 0. The lowest BCUT2D eigenvalue weighted by Gasteiger charge is -2.31. The molecule has 2 rings (SSSR count). The van der Waals surface area contributed by atoms with Crippen LogP contribution in [0.4, 0.5) is 5.69 Å². The highest BCUT2D eigenvalue weighted by Gasteiger charge is 2.29. The van der Waals surface area contributed by atoms with Crippen LogP contribution in [0, 0.1) is 18.8 Å². The zero-order valence-electron chi connectivity index (χ0n) is 12.5. The van der Waals surface area contributed by atoms with E-state index in [4.69, 9.17) is 0 Å². The van der Waals surface area contributed by atoms with Gasteiger partial charge in [-0.1, -0.05) is 13.0 Å². The quantitative estimate of drug-likeness (QED) is 0.790. The minimum Gasteiger partial charge on any atom is -0.355 e. The molecule has 1 aliphatic heterocycles. The molecule has 0 bridgehead atoms. The highest BCUT2D eigenvalue weighted by atomic mass is 35.5. The standard InChI is InChI=1S/C15H21N3O2.ClH/c1-9(11-7-17-8-11)14(19)18-13-6-4-5-12(10(13)2)15(20)16-3;/h4-6,9,11,17H,7-8H2,1-3H3,(H,16,20)(H,18,19);1H. The maximum Gasteiger partial charge on any atom is 0.251 e. The number of hydrogen-bond acceptors (Lipinski definition) is 3. The highest BCUT2D eigenvalue weighted by Crippen LogP contribution is 2.22. The summed E-state index contributed by atoms with van der Waals surface area (Å²) in [5, 5.41) is 8.70. The molecule has 21 heavy (non-hydrogen) atoms. The Morgan fingerprint density at radius 3 is 2.52 bits per heavy atom. The third-order valence-corrected chi connectivity index (χ3v) is 4.00. The normalized spacial score (nSPS) is 15.4. The second-order valence-corrected chi connectivity index (χ2v) is 5.25. The summed E-state index contributed by atoms with van der Waals surface area (Å²) in [4.78, 5) is 23.9. The molecule has 1 fully saturated rings. The zero-order valence-corrected chi connectivity index (χ0v) is 13.3. The van der Waals surface area contributed by atoms with Crippen molar-refractivity contribution < 1.29 is 9.59 Å². The fourth-order valence-electron chi connectivity index (χ4n) is 2.28. The van der Waals surface area contributed by atoms with Gasteiger partial charge in [0, 0.05) is 24.2 Å². The van der Waals surface area contributed by atoms with E-state index >= 15 is 0 Å². The van der Waals surface area contributed by atoms with Crippen molar-refractivity contribution in [3.63, 3.8) is 0 Å². The van der Waals surface area contributed by atoms with Crippen LogP contribution in [0.15, 0.2) is 18.2 Å². The van der Waals surface area contributed by atoms with E-state index in [1.807, 2.05) is 19.9 Å². The SMILES string of the molecule is CNC(=O)c1cccc(NC(=O)C(C)C2CNC2)c1C.Cl. The van der Waals surface area contributed by atoms with Gasteiger partial charge in [0.05, 0.1) is 0 Å². The number of halogens is 1. The average molecular weight is 312 g/mol. The molecule has 1 atom stereocenters. The number of amides is 2. The lowest BCUT2D eigenvalue weighted by Crippen LogP contribution is -2.48. The first-order chi connectivity index (χ1) is 9.54. The lowest BCUT2D eigenvalue weighted by atomic mass is 9.88. The van der Waals surface area contributed by atoms with E-state index in [-0.39, 0.29) is 30.1 Å². The minimum atomic E-state index is -0.144. The van der Waals surface area contributed by atoms with Crippen molar-refractivity contribution in [1.29, 1.82) is 0 Å². The van der Waals surface area contributed by atoms with Gasteiger partial charge in [-0.05, 0) is 43.6 Å². The van der Waals surface area contributed by atoms with Crippen molar-refractivity contribution in [3.8, 4) is 0 Å². The maximum atomic E-state index is 12.2. The van der Waals surface area contributed by atoms with E-state index in [0.29, 0.717) is 17.2 Å². The Kier molecular flexibility index (Phi) is 6.18. The van der Waals surface area contributed by atoms with Crippen molar-refractivity contribution >= 4 is 29.9 Å². The van der Waals surface area contributed by atoms with E-state index in [9.17, 15) is 9.59 Å². The van der Waals surface area contributed by atoms with Crippen molar-refractivity contribution in [3.05, 3.63) is 29.3 Å². The molecule has 2 amide bonds. The van der Waals surface area contributed by atoms with E-state index < -0.39 is 0 Å². The van der Waals surface area contributed by atoms with E-state index in [1.165, 1.54) is 0 Å². The van der Waals surface area contributed by atoms with Crippen LogP contribution >= 0.6 is 12.4 Å². The van der Waals surface area contributed by atoms with Gasteiger partial charge >= 0.3 is 0 Å². The van der Waals surface area contributed by atoms with Crippen molar-refractivity contribution in [2.75, 3.05) is 25.5 Å². The second-order valence-electron chi connectivity index (χ2n) is 5.25. The summed E-state index contributed by atoms with van der Waals surface area (Å²) in [5.74, 6) is 0.236. The first kappa shape index (κ1) is 17.5. The first-order valence-corrected chi connectivity index (χ1v) is 6.88. The number of anilines is 1. The monoisotopic (exact) mass is 311 g/mol. The van der Waals surface area contributed by atoms with Crippen LogP contribution in [-0.4, -0.2) is 32.0 Å². The second kappa shape index (κ2) is 7.43. The van der Waals surface area contributed by atoms with E-state index in [1.54, 1.807) is 19.2 Å². The molecule has 1 unspecified atom stereocenters. The van der Waals surface area contributed by atoms with Crippen LogP contribution in [0.1, 0.15) is 22.8 Å². The number of rotatable bonds is 4. The van der Waals surface area contributed by atoms with Crippen LogP contribution in [0.25, 0.3) is 0 Å². The van der Waals surface area contributed by atoms with Gasteiger partial charge in [-0.3, -0.25) is 9.59 Å². The summed E-state index contributed by atoms with van der Waals surface area (Å²) < 4.78 is 0. The average Bonchev–Trinajstić information content (AvgIpc) is 2.38. The molecule has 1 aromatic rings. The molecule has 1 saturated heterocycles. The Labute approximate surface area is 131 Å². The van der Waals surface area contributed by atoms with Gasteiger partial charge < -0.3 is 16.0 Å². The number of nitrogens with one attached hydrogen (secondary N) is 3. The van der Waals surface area contributed by atoms with E-state index in [2.05, 4.69) is 16.0 Å². The fraction of sp³-hybridized carbons (Fsp3) is 0.467. The Hall–Kier alpha value is -1.59. The molecule has 5 nitrogen and oxygen atoms in total. The molecule has 0 spiro atoms. The predicted molar refractivity (Wildman–Crippen MR) is 86.0 cm³/mol. The smallest absolute Gasteiger partial charge is 0.251 e. The molecule has 1 heterocycles. The van der Waals surface area contributed by atoms with Crippen LogP contribution in [0.5, 0.6) is 0 Å². The number of carbonyl (C=O) groups is 2. The summed E-state index contributed by atoms with van der Waals surface area (Å²) in [6.45, 7) is 5.58. The van der Waals surface area contributed by atoms with Gasteiger partial charge in [-0.2, -0.15) is 0 Å². The summed E-state index contributed by atoms with van der Waals surface area (Å²) in [5.41, 5.74) is 2.08. The van der Waals surface area contributed by atoms with Crippen molar-refractivity contribution in [1.82, 2.24) is 10.6 Å². The summed E-state index contributed by atoms with van der Waals surface area (Å²) in [7, 11) is 1.60. The van der Waals surface area contributed by atoms with E-state index in [0.717, 1.165) is 18.7 Å². The fourth-order valence-corrected chi connectivity index (χ4v) is 2.28. The van der Waals surface area contributed by atoms with Gasteiger partial charge in [0.25, 0.3) is 5.91 Å². The third kappa shape index (κ3) is 3.74. The largest absolute Gasteiger partial charge is 0.355 e. The van der Waals surface area contributed by atoms with Crippen molar-refractivity contribution in [2.24, 2.45) is 11.8 Å². The van der Waals surface area contributed by atoms with Crippen molar-refractivity contribution in [2.45, 2.75) is 13.8 Å². The summed E-state index contributed by atoms with van der Waals surface area (Å²) in [6.07, 6.45) is 0. The molecule has 0 saturated carbocycles. The summed E-state index contributed by atoms with van der Waals surface area (Å²) in [6, 6.07) is 5.36. The van der Waals surface area contributed by atoms with Gasteiger partial charge in [-0.15, -0.1) is 12.4 Å². The lowest BCUT2D eigenvalue weighted by molar-refractivity contribution is -0.121. The Morgan fingerprint density at radius 1 is 1.33 bits per heavy atom. The zero-order chi connectivity index (χ0) is 14.7. The molecule has 3 N–H and O–H groups in total. The number of hydrogen-bond donors (Lipinski definition) is 3. The topological polar surface area (TPSA) is 70.2 Å². The Bertz CT molecular complexity index is 530. The van der Waals surface area contributed by atoms with Gasteiger partial charge in [-0.25, -0.2) is 0 Å². The van der Waals surface area contributed by atoms with Crippen LogP contribution in [0.3, 0.4) is 0 Å². The molecule has 1 aromatic carbocycles. The molecule has 0 aromatic heterocycles. The van der Waals surface area contributed by atoms with Crippen LogP contribution in [0.2, 0.25) is 0 Å².